The van der Waals surface area contributed by atoms with E-state index in [1.54, 1.807) is 38.1 Å². The standard InChI is InChI=1S/C26H25FN2O4S/c1-32-21-12-9-18(13-22(21)33-2)24-14-26(31)29(20-5-3-4-6-23(20)34-24)16-25(30)28-15-17-7-10-19(27)11-8-17/h3-13,24H,14-16H2,1-2H3,(H,28,30)/t24-/m1/s1. The fourth-order valence-corrected chi connectivity index (χ4v) is 5.06. The van der Waals surface area contributed by atoms with E-state index in [1.165, 1.54) is 17.0 Å². The first kappa shape index (κ1) is 23.6. The van der Waals surface area contributed by atoms with Crippen LogP contribution in [0.2, 0.25) is 0 Å². The average Bonchev–Trinajstić information content (AvgIpc) is 2.99. The Bertz CT molecular complexity index is 1190. The molecule has 34 heavy (non-hydrogen) atoms. The highest BCUT2D eigenvalue weighted by Crippen LogP contribution is 2.46. The Morgan fingerprint density at radius 2 is 1.79 bits per heavy atom. The minimum atomic E-state index is -0.330. The lowest BCUT2D eigenvalue weighted by Gasteiger charge is -2.22. The van der Waals surface area contributed by atoms with Crippen LogP contribution in [0.25, 0.3) is 0 Å². The van der Waals surface area contributed by atoms with Gasteiger partial charge in [0.2, 0.25) is 11.8 Å². The number of hydrogen-bond acceptors (Lipinski definition) is 5. The zero-order valence-electron chi connectivity index (χ0n) is 18.9. The number of nitrogens with one attached hydrogen (secondary N) is 1. The molecule has 0 bridgehead atoms. The van der Waals surface area contributed by atoms with Gasteiger partial charge >= 0.3 is 0 Å². The normalized spacial score (nSPS) is 15.3. The highest BCUT2D eigenvalue weighted by Gasteiger charge is 2.30. The summed E-state index contributed by atoms with van der Waals surface area (Å²) in [5.41, 5.74) is 2.42. The van der Waals surface area contributed by atoms with E-state index in [9.17, 15) is 14.0 Å². The van der Waals surface area contributed by atoms with Gasteiger partial charge in [0.25, 0.3) is 0 Å². The summed E-state index contributed by atoms with van der Waals surface area (Å²) >= 11 is 1.58. The van der Waals surface area contributed by atoms with Gasteiger partial charge in [-0.05, 0) is 47.5 Å². The van der Waals surface area contributed by atoms with Crippen molar-refractivity contribution in [2.75, 3.05) is 25.7 Å². The second-order valence-electron chi connectivity index (χ2n) is 7.78. The number of para-hydroxylation sites is 1. The van der Waals surface area contributed by atoms with E-state index in [4.69, 9.17) is 9.47 Å². The molecular formula is C26H25FN2O4S. The number of amides is 2. The maximum Gasteiger partial charge on any atom is 0.240 e. The molecule has 3 aromatic rings. The Morgan fingerprint density at radius 3 is 2.53 bits per heavy atom. The number of carbonyl (C=O) groups excluding carboxylic acids is 2. The van der Waals surface area contributed by atoms with Crippen LogP contribution >= 0.6 is 11.8 Å². The van der Waals surface area contributed by atoms with Crippen molar-refractivity contribution in [2.45, 2.75) is 23.1 Å². The number of benzene rings is 3. The van der Waals surface area contributed by atoms with Crippen molar-refractivity contribution >= 4 is 29.3 Å². The lowest BCUT2D eigenvalue weighted by Crippen LogP contribution is -2.40. The molecule has 0 aliphatic carbocycles. The van der Waals surface area contributed by atoms with E-state index in [-0.39, 0.29) is 42.4 Å². The molecule has 0 saturated carbocycles. The molecule has 8 heteroatoms. The molecule has 0 spiro atoms. The number of ether oxygens (including phenoxy) is 2. The summed E-state index contributed by atoms with van der Waals surface area (Å²) < 4.78 is 23.9. The second-order valence-corrected chi connectivity index (χ2v) is 9.02. The zero-order valence-corrected chi connectivity index (χ0v) is 19.7. The number of hydrogen-bond donors (Lipinski definition) is 1. The second kappa shape index (κ2) is 10.6. The summed E-state index contributed by atoms with van der Waals surface area (Å²) in [6, 6.07) is 19.2. The Balaban J connectivity index is 1.53. The largest absolute Gasteiger partial charge is 0.493 e. The molecule has 0 fully saturated rings. The number of halogens is 1. The van der Waals surface area contributed by atoms with E-state index in [0.29, 0.717) is 17.2 Å². The maximum absolute atomic E-state index is 13.3. The summed E-state index contributed by atoms with van der Waals surface area (Å²) in [4.78, 5) is 28.5. The van der Waals surface area contributed by atoms with Gasteiger partial charge in [-0.25, -0.2) is 4.39 Å². The van der Waals surface area contributed by atoms with Crippen LogP contribution in [-0.2, 0) is 16.1 Å². The van der Waals surface area contributed by atoms with Crippen molar-refractivity contribution in [3.8, 4) is 11.5 Å². The number of methoxy groups -OCH3 is 2. The predicted octanol–water partition coefficient (Wildman–Crippen LogP) is 4.73. The summed E-state index contributed by atoms with van der Waals surface area (Å²) in [6.45, 7) is 0.155. The van der Waals surface area contributed by atoms with Gasteiger partial charge in [-0.2, -0.15) is 0 Å². The van der Waals surface area contributed by atoms with Crippen LogP contribution in [0.1, 0.15) is 22.8 Å². The fourth-order valence-electron chi connectivity index (χ4n) is 3.79. The molecule has 2 amide bonds. The first-order valence-corrected chi connectivity index (χ1v) is 11.7. The third-order valence-electron chi connectivity index (χ3n) is 5.57. The molecular weight excluding hydrogens is 455 g/mol. The average molecular weight is 481 g/mol. The number of carbonyl (C=O) groups is 2. The molecule has 0 radical (unpaired) electrons. The van der Waals surface area contributed by atoms with E-state index in [0.717, 1.165) is 16.0 Å². The van der Waals surface area contributed by atoms with Crippen LogP contribution < -0.4 is 19.7 Å². The minimum absolute atomic E-state index is 0.101. The molecule has 1 N–H and O–H groups in total. The quantitative estimate of drug-likeness (QED) is 0.530. The fraction of sp³-hybridized carbons (Fsp3) is 0.231. The summed E-state index contributed by atoms with van der Waals surface area (Å²) in [6.07, 6.45) is 0.222. The number of anilines is 1. The Labute approximate surface area is 202 Å². The molecule has 0 aromatic heterocycles. The Morgan fingerprint density at radius 1 is 1.06 bits per heavy atom. The van der Waals surface area contributed by atoms with Gasteiger partial charge in [0, 0.05) is 23.1 Å². The molecule has 6 nitrogen and oxygen atoms in total. The third-order valence-corrected chi connectivity index (χ3v) is 6.89. The highest BCUT2D eigenvalue weighted by molar-refractivity contribution is 7.99. The maximum atomic E-state index is 13.3. The molecule has 1 atom stereocenters. The molecule has 1 aliphatic heterocycles. The zero-order chi connectivity index (χ0) is 24.1. The van der Waals surface area contributed by atoms with Gasteiger partial charge < -0.3 is 19.7 Å². The molecule has 176 valence electrons. The highest BCUT2D eigenvalue weighted by atomic mass is 32.2. The van der Waals surface area contributed by atoms with Gasteiger partial charge in [0.15, 0.2) is 11.5 Å². The Kier molecular flexibility index (Phi) is 7.37. The number of fused-ring (bicyclic) bond motifs is 1. The summed E-state index contributed by atoms with van der Waals surface area (Å²) in [5, 5.41) is 2.66. The van der Waals surface area contributed by atoms with Crippen LogP contribution in [-0.4, -0.2) is 32.6 Å². The number of thioether (sulfide) groups is 1. The summed E-state index contributed by atoms with van der Waals surface area (Å²) in [5.74, 6) is 0.457. The number of rotatable bonds is 7. The van der Waals surface area contributed by atoms with Crippen LogP contribution in [0.4, 0.5) is 10.1 Å². The van der Waals surface area contributed by atoms with Crippen molar-refractivity contribution in [3.63, 3.8) is 0 Å². The van der Waals surface area contributed by atoms with Crippen molar-refractivity contribution in [1.82, 2.24) is 5.32 Å². The first-order chi connectivity index (χ1) is 16.5. The third kappa shape index (κ3) is 5.34. The van der Waals surface area contributed by atoms with E-state index in [2.05, 4.69) is 5.32 Å². The molecule has 0 saturated heterocycles. The van der Waals surface area contributed by atoms with Crippen LogP contribution in [0.5, 0.6) is 11.5 Å². The van der Waals surface area contributed by atoms with Gasteiger partial charge in [0.1, 0.15) is 12.4 Å². The van der Waals surface area contributed by atoms with Gasteiger partial charge in [0.05, 0.1) is 19.9 Å². The monoisotopic (exact) mass is 480 g/mol. The molecule has 1 heterocycles. The SMILES string of the molecule is COc1ccc([C@H]2CC(=O)N(CC(=O)NCc3ccc(F)cc3)c3ccccc3S2)cc1OC. The van der Waals surface area contributed by atoms with Crippen molar-refractivity contribution < 1.29 is 23.5 Å². The van der Waals surface area contributed by atoms with Crippen LogP contribution in [0.3, 0.4) is 0 Å². The molecule has 3 aromatic carbocycles. The van der Waals surface area contributed by atoms with Gasteiger partial charge in [-0.15, -0.1) is 11.8 Å². The van der Waals surface area contributed by atoms with E-state index in [1.807, 2.05) is 42.5 Å². The number of nitrogens with zero attached hydrogens (tertiary/aromatic N) is 1. The van der Waals surface area contributed by atoms with E-state index >= 15 is 0 Å². The summed E-state index contributed by atoms with van der Waals surface area (Å²) in [7, 11) is 3.16. The molecule has 1 aliphatic rings. The Hall–Kier alpha value is -3.52. The smallest absolute Gasteiger partial charge is 0.240 e. The van der Waals surface area contributed by atoms with Gasteiger partial charge in [-0.1, -0.05) is 30.3 Å². The predicted molar refractivity (Wildman–Crippen MR) is 130 cm³/mol. The first-order valence-electron chi connectivity index (χ1n) is 10.8. The van der Waals surface area contributed by atoms with Crippen LogP contribution in [0, 0.1) is 5.82 Å². The van der Waals surface area contributed by atoms with Crippen molar-refractivity contribution in [3.05, 3.63) is 83.7 Å². The molecule has 4 rings (SSSR count). The van der Waals surface area contributed by atoms with E-state index < -0.39 is 0 Å². The van der Waals surface area contributed by atoms with Crippen molar-refractivity contribution in [1.29, 1.82) is 0 Å². The lowest BCUT2D eigenvalue weighted by atomic mass is 10.1. The topological polar surface area (TPSA) is 67.9 Å². The lowest BCUT2D eigenvalue weighted by molar-refractivity contribution is -0.124. The minimum Gasteiger partial charge on any atom is -0.493 e. The van der Waals surface area contributed by atoms with Crippen LogP contribution in [0.15, 0.2) is 71.6 Å². The van der Waals surface area contributed by atoms with Gasteiger partial charge in [-0.3, -0.25) is 9.59 Å². The molecule has 0 unspecified atom stereocenters. The van der Waals surface area contributed by atoms with Crippen molar-refractivity contribution in [2.24, 2.45) is 0 Å².